The number of hydrogen-bond donors (Lipinski definition) is 2. The van der Waals surface area contributed by atoms with Crippen LogP contribution in [0.3, 0.4) is 0 Å². The maximum absolute atomic E-state index is 13.2. The Kier molecular flexibility index (Phi) is 4.36. The van der Waals surface area contributed by atoms with Crippen molar-refractivity contribution in [1.29, 1.82) is 0 Å². The monoisotopic (exact) mass is 344 g/mol. The molecule has 0 aliphatic carbocycles. The van der Waals surface area contributed by atoms with Gasteiger partial charge in [0.25, 0.3) is 0 Å². The zero-order valence-electron chi connectivity index (χ0n) is 12.8. The molecule has 2 aromatic rings. The lowest BCUT2D eigenvalue weighted by Gasteiger charge is -2.28. The standard InChI is InChI=1S/C18H14ClFN2O2/c1-10-15(17(23)12-2-6-13(19)7-3-12)16(22-18(24)21-10)11-4-8-14(20)9-5-11/h2-9,16H,1H3,(H2,21,22,24)/t16-/m1/s1. The lowest BCUT2D eigenvalue weighted by atomic mass is 9.89. The van der Waals surface area contributed by atoms with Crippen molar-refractivity contribution in [2.24, 2.45) is 0 Å². The highest BCUT2D eigenvalue weighted by molar-refractivity contribution is 6.30. The average Bonchev–Trinajstić information content (AvgIpc) is 2.55. The lowest BCUT2D eigenvalue weighted by molar-refractivity contribution is 0.102. The van der Waals surface area contributed by atoms with Crippen LogP contribution in [0.1, 0.15) is 28.9 Å². The molecule has 3 rings (SSSR count). The van der Waals surface area contributed by atoms with Crippen molar-refractivity contribution in [3.05, 3.63) is 81.8 Å². The van der Waals surface area contributed by atoms with Gasteiger partial charge >= 0.3 is 6.03 Å². The molecule has 0 bridgehead atoms. The zero-order chi connectivity index (χ0) is 17.3. The first kappa shape index (κ1) is 16.2. The molecule has 0 spiro atoms. The molecule has 4 nitrogen and oxygen atoms in total. The van der Waals surface area contributed by atoms with Crippen molar-refractivity contribution in [3.63, 3.8) is 0 Å². The number of rotatable bonds is 3. The summed E-state index contributed by atoms with van der Waals surface area (Å²) < 4.78 is 13.2. The van der Waals surface area contributed by atoms with Gasteiger partial charge in [0.1, 0.15) is 5.82 Å². The van der Waals surface area contributed by atoms with Crippen LogP contribution in [0.2, 0.25) is 5.02 Å². The van der Waals surface area contributed by atoms with Gasteiger partial charge in [0.15, 0.2) is 5.78 Å². The van der Waals surface area contributed by atoms with Crippen LogP contribution in [0, 0.1) is 5.82 Å². The molecule has 0 saturated heterocycles. The van der Waals surface area contributed by atoms with Gasteiger partial charge in [-0.15, -0.1) is 0 Å². The number of benzene rings is 2. The van der Waals surface area contributed by atoms with Gasteiger partial charge in [-0.3, -0.25) is 4.79 Å². The molecule has 0 fully saturated rings. The van der Waals surface area contributed by atoms with Crippen LogP contribution in [0.15, 0.2) is 59.8 Å². The van der Waals surface area contributed by atoms with Gasteiger partial charge in [0.05, 0.1) is 6.04 Å². The highest BCUT2D eigenvalue weighted by atomic mass is 35.5. The predicted molar refractivity (Wildman–Crippen MR) is 89.3 cm³/mol. The van der Waals surface area contributed by atoms with E-state index in [1.54, 1.807) is 43.3 Å². The number of carbonyl (C=O) groups is 2. The van der Waals surface area contributed by atoms with Crippen LogP contribution in [0.5, 0.6) is 0 Å². The Hall–Kier alpha value is -2.66. The van der Waals surface area contributed by atoms with E-state index in [4.69, 9.17) is 11.6 Å². The SMILES string of the molecule is CC1=C(C(=O)c2ccc(Cl)cc2)[C@@H](c2ccc(F)cc2)NC(=O)N1. The smallest absolute Gasteiger partial charge is 0.319 e. The van der Waals surface area contributed by atoms with Crippen LogP contribution in [0.4, 0.5) is 9.18 Å². The van der Waals surface area contributed by atoms with Crippen molar-refractivity contribution in [2.75, 3.05) is 0 Å². The largest absolute Gasteiger partial charge is 0.327 e. The number of halogens is 2. The Bertz CT molecular complexity index is 829. The molecule has 122 valence electrons. The van der Waals surface area contributed by atoms with Gasteiger partial charge in [0.2, 0.25) is 0 Å². The summed E-state index contributed by atoms with van der Waals surface area (Å²) in [6.07, 6.45) is 0. The Morgan fingerprint density at radius 3 is 2.33 bits per heavy atom. The molecule has 24 heavy (non-hydrogen) atoms. The van der Waals surface area contributed by atoms with Gasteiger partial charge < -0.3 is 10.6 Å². The second-order valence-corrected chi connectivity index (χ2v) is 5.89. The fraction of sp³-hybridized carbons (Fsp3) is 0.111. The topological polar surface area (TPSA) is 58.2 Å². The molecule has 2 aromatic carbocycles. The van der Waals surface area contributed by atoms with E-state index in [2.05, 4.69) is 10.6 Å². The van der Waals surface area contributed by atoms with Gasteiger partial charge in [-0.2, -0.15) is 0 Å². The number of Topliss-reactive ketones (excluding diaryl/α,β-unsaturated/α-hetero) is 1. The summed E-state index contributed by atoms with van der Waals surface area (Å²) in [5.41, 5.74) is 1.96. The van der Waals surface area contributed by atoms with E-state index in [0.29, 0.717) is 27.4 Å². The molecule has 1 aliphatic rings. The molecule has 0 aromatic heterocycles. The molecule has 1 atom stereocenters. The molecule has 1 aliphatic heterocycles. The summed E-state index contributed by atoms with van der Waals surface area (Å²) in [5.74, 6) is -0.615. The maximum atomic E-state index is 13.2. The number of nitrogens with one attached hydrogen (secondary N) is 2. The molecule has 2 N–H and O–H groups in total. The minimum atomic E-state index is -0.650. The summed E-state index contributed by atoms with van der Waals surface area (Å²) >= 11 is 5.86. The second-order valence-electron chi connectivity index (χ2n) is 5.46. The molecular formula is C18H14ClFN2O2. The van der Waals surface area contributed by atoms with E-state index in [0.717, 1.165) is 0 Å². The van der Waals surface area contributed by atoms with Crippen molar-refractivity contribution in [2.45, 2.75) is 13.0 Å². The van der Waals surface area contributed by atoms with Crippen LogP contribution >= 0.6 is 11.6 Å². The average molecular weight is 345 g/mol. The zero-order valence-corrected chi connectivity index (χ0v) is 13.5. The first-order chi connectivity index (χ1) is 11.5. The van der Waals surface area contributed by atoms with Crippen molar-refractivity contribution < 1.29 is 14.0 Å². The van der Waals surface area contributed by atoms with Gasteiger partial charge in [-0.1, -0.05) is 23.7 Å². The van der Waals surface area contributed by atoms with Gasteiger partial charge in [-0.25, -0.2) is 9.18 Å². The van der Waals surface area contributed by atoms with Crippen LogP contribution < -0.4 is 10.6 Å². The molecule has 0 saturated carbocycles. The van der Waals surface area contributed by atoms with E-state index in [9.17, 15) is 14.0 Å². The summed E-state index contributed by atoms with van der Waals surface area (Å²) in [5, 5.41) is 5.86. The van der Waals surface area contributed by atoms with Crippen LogP contribution in [-0.2, 0) is 0 Å². The van der Waals surface area contributed by atoms with Crippen molar-refractivity contribution in [1.82, 2.24) is 10.6 Å². The Balaban J connectivity index is 2.04. The Morgan fingerprint density at radius 1 is 1.08 bits per heavy atom. The highest BCUT2D eigenvalue weighted by Gasteiger charge is 2.31. The minimum absolute atomic E-state index is 0.231. The highest BCUT2D eigenvalue weighted by Crippen LogP contribution is 2.29. The van der Waals surface area contributed by atoms with E-state index < -0.39 is 12.1 Å². The number of urea groups is 1. The van der Waals surface area contributed by atoms with E-state index in [1.165, 1.54) is 12.1 Å². The van der Waals surface area contributed by atoms with Crippen molar-refractivity contribution >= 4 is 23.4 Å². The number of hydrogen-bond acceptors (Lipinski definition) is 2. The molecule has 0 radical (unpaired) electrons. The summed E-state index contributed by atoms with van der Waals surface area (Å²) in [7, 11) is 0. The third-order valence-electron chi connectivity index (χ3n) is 3.82. The molecule has 2 amide bonds. The van der Waals surface area contributed by atoms with Crippen LogP contribution in [0.25, 0.3) is 0 Å². The van der Waals surface area contributed by atoms with E-state index in [1.807, 2.05) is 0 Å². The maximum Gasteiger partial charge on any atom is 0.319 e. The molecule has 6 heteroatoms. The molecular weight excluding hydrogens is 331 g/mol. The van der Waals surface area contributed by atoms with E-state index >= 15 is 0 Å². The third kappa shape index (κ3) is 3.16. The summed E-state index contributed by atoms with van der Waals surface area (Å²) in [6.45, 7) is 1.67. The van der Waals surface area contributed by atoms with Gasteiger partial charge in [-0.05, 0) is 48.9 Å². The first-order valence-electron chi connectivity index (χ1n) is 7.29. The van der Waals surface area contributed by atoms with Gasteiger partial charge in [0, 0.05) is 21.9 Å². The summed E-state index contributed by atoms with van der Waals surface area (Å²) in [4.78, 5) is 24.7. The number of carbonyl (C=O) groups excluding carboxylic acids is 2. The first-order valence-corrected chi connectivity index (χ1v) is 7.67. The Labute approximate surface area is 143 Å². The Morgan fingerprint density at radius 2 is 1.71 bits per heavy atom. The van der Waals surface area contributed by atoms with E-state index in [-0.39, 0.29) is 11.6 Å². The number of allylic oxidation sites excluding steroid dienone is 1. The normalized spacial score (nSPS) is 17.3. The quantitative estimate of drug-likeness (QED) is 0.827. The number of amides is 2. The molecule has 0 unspecified atom stereocenters. The number of ketones is 1. The lowest BCUT2D eigenvalue weighted by Crippen LogP contribution is -2.45. The second kappa shape index (κ2) is 6.45. The molecule has 1 heterocycles. The van der Waals surface area contributed by atoms with Crippen molar-refractivity contribution in [3.8, 4) is 0 Å². The van der Waals surface area contributed by atoms with Crippen LogP contribution in [-0.4, -0.2) is 11.8 Å². The fourth-order valence-electron chi connectivity index (χ4n) is 2.66. The predicted octanol–water partition coefficient (Wildman–Crippen LogP) is 3.99. The fourth-order valence-corrected chi connectivity index (χ4v) is 2.78. The third-order valence-corrected chi connectivity index (χ3v) is 4.08. The summed E-state index contributed by atoms with van der Waals surface area (Å²) in [6, 6.07) is 11.1. The minimum Gasteiger partial charge on any atom is -0.327 e.